The first-order valence-electron chi connectivity index (χ1n) is 4.77. The third-order valence-electron chi connectivity index (χ3n) is 1.99. The maximum Gasteiger partial charge on any atom is 0.239 e. The Morgan fingerprint density at radius 1 is 1.36 bits per heavy atom. The summed E-state index contributed by atoms with van der Waals surface area (Å²) in [5.41, 5.74) is 5.41. The number of rotatable bonds is 6. The number of nitrogens with one attached hydrogen (secondary N) is 2. The first kappa shape index (κ1) is 12.9. The van der Waals surface area contributed by atoms with Crippen molar-refractivity contribution in [2.24, 2.45) is 11.7 Å². The van der Waals surface area contributed by atoms with Crippen LogP contribution < -0.4 is 16.4 Å². The normalized spacial score (nSPS) is 11.9. The molecule has 5 heteroatoms. The van der Waals surface area contributed by atoms with Crippen LogP contribution in [0.3, 0.4) is 0 Å². The highest BCUT2D eigenvalue weighted by molar-refractivity contribution is 5.84. The third-order valence-corrected chi connectivity index (χ3v) is 1.99. The topological polar surface area (TPSA) is 84.2 Å². The van der Waals surface area contributed by atoms with Gasteiger partial charge in [0.05, 0.1) is 6.54 Å². The highest BCUT2D eigenvalue weighted by atomic mass is 16.2. The van der Waals surface area contributed by atoms with Gasteiger partial charge in [0.15, 0.2) is 0 Å². The van der Waals surface area contributed by atoms with Crippen molar-refractivity contribution >= 4 is 11.8 Å². The highest BCUT2D eigenvalue weighted by Gasteiger charge is 2.06. The Labute approximate surface area is 84.4 Å². The third kappa shape index (κ3) is 6.42. The van der Waals surface area contributed by atoms with Gasteiger partial charge in [0.25, 0.3) is 0 Å². The molecule has 0 fully saturated rings. The second-order valence-corrected chi connectivity index (χ2v) is 3.33. The smallest absolute Gasteiger partial charge is 0.239 e. The first-order chi connectivity index (χ1) is 6.60. The molecule has 0 aliphatic heterocycles. The molecule has 0 aliphatic carbocycles. The largest absolute Gasteiger partial charge is 0.358 e. The predicted octanol–water partition coefficient (Wildman–Crippen LogP) is -0.776. The maximum atomic E-state index is 11.2. The number of amides is 2. The standard InChI is InChI=1S/C9H19N3O2/c1-7(5-10)3-4-8(13)12-6-9(14)11-2/h7H,3-6,10H2,1-2H3,(H,11,14)(H,12,13). The zero-order valence-electron chi connectivity index (χ0n) is 8.80. The van der Waals surface area contributed by atoms with Crippen molar-refractivity contribution in [3.63, 3.8) is 0 Å². The molecule has 0 spiro atoms. The van der Waals surface area contributed by atoms with Gasteiger partial charge >= 0.3 is 0 Å². The predicted molar refractivity (Wildman–Crippen MR) is 54.5 cm³/mol. The van der Waals surface area contributed by atoms with Crippen molar-refractivity contribution < 1.29 is 9.59 Å². The van der Waals surface area contributed by atoms with Crippen molar-refractivity contribution in [2.75, 3.05) is 20.1 Å². The van der Waals surface area contributed by atoms with E-state index in [0.717, 1.165) is 6.42 Å². The van der Waals surface area contributed by atoms with Crippen LogP contribution in [0.4, 0.5) is 0 Å². The summed E-state index contributed by atoms with van der Waals surface area (Å²) in [6.45, 7) is 2.63. The van der Waals surface area contributed by atoms with E-state index in [0.29, 0.717) is 18.9 Å². The average Bonchev–Trinajstić information content (AvgIpc) is 2.22. The van der Waals surface area contributed by atoms with E-state index in [1.165, 1.54) is 7.05 Å². The molecule has 0 aromatic rings. The van der Waals surface area contributed by atoms with Crippen LogP contribution >= 0.6 is 0 Å². The Morgan fingerprint density at radius 2 is 2.00 bits per heavy atom. The summed E-state index contributed by atoms with van der Waals surface area (Å²) >= 11 is 0. The fourth-order valence-electron chi connectivity index (χ4n) is 0.851. The summed E-state index contributed by atoms with van der Waals surface area (Å²) in [7, 11) is 1.53. The second kappa shape index (κ2) is 7.32. The SMILES string of the molecule is CNC(=O)CNC(=O)CCC(C)CN. The number of likely N-dealkylation sites (N-methyl/N-ethyl adjacent to an activating group) is 1. The minimum Gasteiger partial charge on any atom is -0.358 e. The molecule has 1 atom stereocenters. The summed E-state index contributed by atoms with van der Waals surface area (Å²) in [6.07, 6.45) is 1.19. The van der Waals surface area contributed by atoms with E-state index in [9.17, 15) is 9.59 Å². The molecule has 0 radical (unpaired) electrons. The molecule has 82 valence electrons. The fourth-order valence-corrected chi connectivity index (χ4v) is 0.851. The molecule has 0 saturated carbocycles. The van der Waals surface area contributed by atoms with E-state index in [4.69, 9.17) is 5.73 Å². The van der Waals surface area contributed by atoms with Gasteiger partial charge in [-0.1, -0.05) is 6.92 Å². The Balaban J connectivity index is 3.51. The molecule has 4 N–H and O–H groups in total. The summed E-state index contributed by atoms with van der Waals surface area (Å²) in [5.74, 6) is 0.0554. The lowest BCUT2D eigenvalue weighted by atomic mass is 10.1. The van der Waals surface area contributed by atoms with E-state index in [1.807, 2.05) is 6.92 Å². The average molecular weight is 201 g/mol. The first-order valence-corrected chi connectivity index (χ1v) is 4.77. The number of hydrogen-bond acceptors (Lipinski definition) is 3. The Morgan fingerprint density at radius 3 is 2.50 bits per heavy atom. The molecule has 14 heavy (non-hydrogen) atoms. The lowest BCUT2D eigenvalue weighted by molar-refractivity contribution is -0.126. The van der Waals surface area contributed by atoms with Crippen molar-refractivity contribution in [2.45, 2.75) is 19.8 Å². The molecule has 0 aromatic heterocycles. The fraction of sp³-hybridized carbons (Fsp3) is 0.778. The highest BCUT2D eigenvalue weighted by Crippen LogP contribution is 2.02. The van der Waals surface area contributed by atoms with Crippen LogP contribution in [-0.2, 0) is 9.59 Å². The van der Waals surface area contributed by atoms with Gasteiger partial charge in [-0.05, 0) is 18.9 Å². The van der Waals surface area contributed by atoms with Crippen molar-refractivity contribution in [1.29, 1.82) is 0 Å². The van der Waals surface area contributed by atoms with E-state index >= 15 is 0 Å². The van der Waals surface area contributed by atoms with Crippen LogP contribution in [-0.4, -0.2) is 32.0 Å². The van der Waals surface area contributed by atoms with E-state index in [2.05, 4.69) is 10.6 Å². The lowest BCUT2D eigenvalue weighted by Gasteiger charge is -2.07. The van der Waals surface area contributed by atoms with Crippen LogP contribution in [0.25, 0.3) is 0 Å². The van der Waals surface area contributed by atoms with E-state index < -0.39 is 0 Å². The van der Waals surface area contributed by atoms with Crippen molar-refractivity contribution in [3.8, 4) is 0 Å². The molecular weight excluding hydrogens is 182 g/mol. The molecule has 1 unspecified atom stereocenters. The van der Waals surface area contributed by atoms with Gasteiger partial charge < -0.3 is 16.4 Å². The minimum absolute atomic E-state index is 0.0480. The van der Waals surface area contributed by atoms with Gasteiger partial charge in [0.1, 0.15) is 0 Å². The van der Waals surface area contributed by atoms with Gasteiger partial charge in [-0.2, -0.15) is 0 Å². The molecule has 0 bridgehead atoms. The monoisotopic (exact) mass is 201 g/mol. The Hall–Kier alpha value is -1.10. The van der Waals surface area contributed by atoms with Gasteiger partial charge in [0, 0.05) is 13.5 Å². The van der Waals surface area contributed by atoms with Crippen LogP contribution in [0.1, 0.15) is 19.8 Å². The van der Waals surface area contributed by atoms with Gasteiger partial charge in [-0.15, -0.1) is 0 Å². The number of carbonyl (C=O) groups excluding carboxylic acids is 2. The number of hydrogen-bond donors (Lipinski definition) is 3. The second-order valence-electron chi connectivity index (χ2n) is 3.33. The van der Waals surface area contributed by atoms with E-state index in [-0.39, 0.29) is 18.4 Å². The quantitative estimate of drug-likeness (QED) is 0.527. The molecule has 0 saturated heterocycles. The summed E-state index contributed by atoms with van der Waals surface area (Å²) in [6, 6.07) is 0. The molecule has 5 nitrogen and oxygen atoms in total. The van der Waals surface area contributed by atoms with Gasteiger partial charge in [-0.25, -0.2) is 0 Å². The Bertz CT molecular complexity index is 194. The molecular formula is C9H19N3O2. The van der Waals surface area contributed by atoms with Crippen LogP contribution in [0.2, 0.25) is 0 Å². The Kier molecular flexibility index (Phi) is 6.74. The maximum absolute atomic E-state index is 11.2. The zero-order chi connectivity index (χ0) is 11.0. The summed E-state index contributed by atoms with van der Waals surface area (Å²) < 4.78 is 0. The van der Waals surface area contributed by atoms with E-state index in [1.54, 1.807) is 0 Å². The van der Waals surface area contributed by atoms with Crippen molar-refractivity contribution in [1.82, 2.24) is 10.6 Å². The zero-order valence-corrected chi connectivity index (χ0v) is 8.80. The van der Waals surface area contributed by atoms with Crippen LogP contribution in [0, 0.1) is 5.92 Å². The number of carbonyl (C=O) groups is 2. The van der Waals surface area contributed by atoms with Crippen LogP contribution in [0.5, 0.6) is 0 Å². The minimum atomic E-state index is -0.190. The molecule has 0 aliphatic rings. The van der Waals surface area contributed by atoms with Gasteiger partial charge in [0.2, 0.25) is 11.8 Å². The molecule has 0 rings (SSSR count). The number of nitrogens with two attached hydrogens (primary N) is 1. The summed E-state index contributed by atoms with van der Waals surface area (Å²) in [4.78, 5) is 21.9. The van der Waals surface area contributed by atoms with Crippen molar-refractivity contribution in [3.05, 3.63) is 0 Å². The molecule has 2 amide bonds. The molecule has 0 aromatic carbocycles. The lowest BCUT2D eigenvalue weighted by Crippen LogP contribution is -2.35. The summed E-state index contributed by atoms with van der Waals surface area (Å²) in [5, 5.41) is 4.94. The molecule has 0 heterocycles. The van der Waals surface area contributed by atoms with Crippen LogP contribution in [0.15, 0.2) is 0 Å². The van der Waals surface area contributed by atoms with Gasteiger partial charge in [-0.3, -0.25) is 9.59 Å².